The molecule has 1 aromatic rings. The highest BCUT2D eigenvalue weighted by Crippen LogP contribution is 2.42. The Bertz CT molecular complexity index is 1310. The molecule has 0 aromatic heterocycles. The van der Waals surface area contributed by atoms with Crippen LogP contribution in [0.15, 0.2) is 12.1 Å². The number of non-ortho nitro benzene ring substituents is 1. The Balaban J connectivity index is 0.000000698. The molecule has 1 unspecified atom stereocenters. The molecule has 2 amide bonds. The number of amides is 2. The molecule has 1 aromatic carbocycles. The van der Waals surface area contributed by atoms with E-state index < -0.39 is 17.1 Å². The summed E-state index contributed by atoms with van der Waals surface area (Å²) in [6, 6.07) is 3.41. The van der Waals surface area contributed by atoms with E-state index in [0.717, 1.165) is 64.7 Å². The molecule has 49 heavy (non-hydrogen) atoms. The highest BCUT2D eigenvalue weighted by Gasteiger charge is 2.50. The zero-order valence-corrected chi connectivity index (χ0v) is 28.9. The summed E-state index contributed by atoms with van der Waals surface area (Å²) in [4.78, 5) is 52.9. The molecule has 4 aliphatic rings. The van der Waals surface area contributed by atoms with Crippen molar-refractivity contribution in [3.63, 3.8) is 0 Å². The van der Waals surface area contributed by atoms with Gasteiger partial charge in [0.15, 0.2) is 0 Å². The van der Waals surface area contributed by atoms with E-state index in [-0.39, 0.29) is 23.3 Å². The second-order valence-electron chi connectivity index (χ2n) is 14.3. The first-order valence-electron chi connectivity index (χ1n) is 17.7. The predicted molar refractivity (Wildman–Crippen MR) is 176 cm³/mol. The quantitative estimate of drug-likeness (QED) is 0.224. The molecule has 1 aliphatic carbocycles. The van der Waals surface area contributed by atoms with Crippen LogP contribution in [0.25, 0.3) is 0 Å². The number of carboxylic acid groups (broad SMARTS) is 1. The number of carbonyl (C=O) groups is 3. The number of benzene rings is 1. The van der Waals surface area contributed by atoms with Crippen molar-refractivity contribution in [3.05, 3.63) is 38.9 Å². The van der Waals surface area contributed by atoms with Crippen molar-refractivity contribution in [2.75, 3.05) is 39.3 Å². The first-order chi connectivity index (χ1) is 23.1. The lowest BCUT2D eigenvalue weighted by Gasteiger charge is -2.52. The maximum atomic E-state index is 13.4. The number of nitrogens with zero attached hydrogens (tertiary/aromatic N) is 4. The molecule has 1 saturated carbocycles. The molecule has 1 atom stereocenters. The monoisotopic (exact) mass is 696 g/mol. The molecule has 3 aliphatic heterocycles. The Morgan fingerprint density at radius 1 is 1.02 bits per heavy atom. The maximum Gasteiger partial charge on any atom is 0.490 e. The summed E-state index contributed by atoms with van der Waals surface area (Å²) in [5.41, 5.74) is 1.60. The van der Waals surface area contributed by atoms with Gasteiger partial charge >= 0.3 is 18.2 Å². The molecule has 14 heteroatoms. The number of nitro groups is 1. The lowest BCUT2D eigenvalue weighted by molar-refractivity contribution is -0.385. The Kier molecular flexibility index (Phi) is 12.9. The highest BCUT2D eigenvalue weighted by atomic mass is 19.4. The Morgan fingerprint density at radius 3 is 2.10 bits per heavy atom. The smallest absolute Gasteiger partial charge is 0.475 e. The second kappa shape index (κ2) is 16.5. The summed E-state index contributed by atoms with van der Waals surface area (Å²) in [6.45, 7) is 10.7. The maximum absolute atomic E-state index is 13.4. The number of piperidine rings is 2. The van der Waals surface area contributed by atoms with Crippen LogP contribution in [0.3, 0.4) is 0 Å². The molecule has 274 valence electrons. The number of rotatable bonds is 8. The molecule has 0 radical (unpaired) electrons. The fourth-order valence-electron chi connectivity index (χ4n) is 8.22. The number of aliphatic carboxylic acids is 1. The Morgan fingerprint density at radius 2 is 1.59 bits per heavy atom. The van der Waals surface area contributed by atoms with E-state index in [1.807, 2.05) is 9.80 Å². The number of nitro benzene ring substituents is 1. The van der Waals surface area contributed by atoms with Crippen molar-refractivity contribution in [3.8, 4) is 0 Å². The molecular weight excluding hydrogens is 645 g/mol. The second-order valence-corrected chi connectivity index (χ2v) is 14.3. The molecule has 11 nitrogen and oxygen atoms in total. The van der Waals surface area contributed by atoms with Gasteiger partial charge in [-0.25, -0.2) is 9.59 Å². The fourth-order valence-corrected chi connectivity index (χ4v) is 8.22. The third kappa shape index (κ3) is 9.64. The van der Waals surface area contributed by atoms with Gasteiger partial charge in [-0.1, -0.05) is 39.0 Å². The number of ether oxygens (including phenoxy) is 1. The number of likely N-dealkylation sites (tertiary alicyclic amines) is 2. The van der Waals surface area contributed by atoms with Crippen LogP contribution in [-0.4, -0.2) is 99.8 Å². The number of aryl methyl sites for hydroxylation is 2. The summed E-state index contributed by atoms with van der Waals surface area (Å²) >= 11 is 0. The predicted octanol–water partition coefficient (Wildman–Crippen LogP) is 7.12. The standard InChI is InChI=1S/C33H50N4O5.C2HF3O2/c1-4-5-11-27-23-36(22-26-9-7-6-8-10-26)32(39)42-33(27)14-18-34(19-15-33)28-12-16-35(17-13-28)31(38)30-24(2)20-29(37(40)41)21-25(30)3;3-2(4,5)1(6)7/h20-21,26-28H,4-19,22-23H2,1-3H3;(H,6,7). The van der Waals surface area contributed by atoms with Crippen molar-refractivity contribution >= 4 is 23.7 Å². The topological polar surface area (TPSA) is 134 Å². The fraction of sp³-hybridized carbons (Fsp3) is 0.743. The van der Waals surface area contributed by atoms with Crippen molar-refractivity contribution in [1.29, 1.82) is 0 Å². The largest absolute Gasteiger partial charge is 0.490 e. The van der Waals surface area contributed by atoms with Gasteiger partial charge in [-0.2, -0.15) is 13.2 Å². The number of alkyl halides is 3. The minimum absolute atomic E-state index is 0.0263. The van der Waals surface area contributed by atoms with E-state index in [4.69, 9.17) is 14.6 Å². The van der Waals surface area contributed by atoms with Crippen LogP contribution in [-0.2, 0) is 9.53 Å². The summed E-state index contributed by atoms with van der Waals surface area (Å²) in [7, 11) is 0. The minimum atomic E-state index is -5.08. The zero-order chi connectivity index (χ0) is 35.9. The van der Waals surface area contributed by atoms with Gasteiger partial charge in [0.2, 0.25) is 0 Å². The van der Waals surface area contributed by atoms with Gasteiger partial charge in [-0.3, -0.25) is 19.8 Å². The van der Waals surface area contributed by atoms with Crippen LogP contribution >= 0.6 is 0 Å². The zero-order valence-electron chi connectivity index (χ0n) is 28.9. The van der Waals surface area contributed by atoms with Crippen molar-refractivity contribution in [1.82, 2.24) is 14.7 Å². The third-order valence-electron chi connectivity index (χ3n) is 10.9. The number of carbonyl (C=O) groups excluding carboxylic acids is 2. The summed E-state index contributed by atoms with van der Waals surface area (Å²) in [5.74, 6) is -1.76. The molecule has 0 bridgehead atoms. The average molecular weight is 697 g/mol. The molecular formula is C35H51F3N4O7. The highest BCUT2D eigenvalue weighted by molar-refractivity contribution is 5.97. The van der Waals surface area contributed by atoms with Crippen LogP contribution in [0.4, 0.5) is 23.7 Å². The third-order valence-corrected chi connectivity index (χ3v) is 10.9. The van der Waals surface area contributed by atoms with Gasteiger partial charge in [0.25, 0.3) is 11.6 Å². The number of hydrogen-bond acceptors (Lipinski definition) is 7. The lowest BCUT2D eigenvalue weighted by atomic mass is 9.75. The number of unbranched alkanes of at least 4 members (excludes halogenated alkanes) is 1. The molecule has 1 spiro atoms. The molecule has 3 saturated heterocycles. The summed E-state index contributed by atoms with van der Waals surface area (Å²) < 4.78 is 38.2. The molecule has 4 fully saturated rings. The summed E-state index contributed by atoms with van der Waals surface area (Å²) in [6.07, 6.45) is 8.27. The van der Waals surface area contributed by atoms with Crippen molar-refractivity contribution in [2.24, 2.45) is 11.8 Å². The minimum Gasteiger partial charge on any atom is -0.475 e. The van der Waals surface area contributed by atoms with Crippen LogP contribution in [0.5, 0.6) is 0 Å². The van der Waals surface area contributed by atoms with E-state index in [2.05, 4.69) is 11.8 Å². The number of carboxylic acids is 1. The van der Waals surface area contributed by atoms with Crippen molar-refractivity contribution < 1.29 is 42.3 Å². The van der Waals surface area contributed by atoms with Gasteiger partial charge in [-0.15, -0.1) is 0 Å². The lowest BCUT2D eigenvalue weighted by Crippen LogP contribution is -2.61. The van der Waals surface area contributed by atoms with E-state index >= 15 is 0 Å². The van der Waals surface area contributed by atoms with Crippen LogP contribution < -0.4 is 0 Å². The Hall–Kier alpha value is -3.42. The van der Waals surface area contributed by atoms with Crippen molar-refractivity contribution in [2.45, 2.75) is 116 Å². The first kappa shape index (κ1) is 38.4. The SMILES string of the molecule is CCCCC1CN(CC2CCCCC2)C(=O)OC12CCN(C1CCN(C(=O)c3c(C)cc([N+](=O)[O-])cc3C)CC1)CC2.O=C(O)C(F)(F)F. The first-order valence-corrected chi connectivity index (χ1v) is 17.7. The summed E-state index contributed by atoms with van der Waals surface area (Å²) in [5, 5.41) is 18.3. The average Bonchev–Trinajstić information content (AvgIpc) is 3.06. The molecule has 3 heterocycles. The molecule has 5 rings (SSSR count). The van der Waals surface area contributed by atoms with E-state index in [9.17, 15) is 32.9 Å². The van der Waals surface area contributed by atoms with Gasteiger partial charge < -0.3 is 19.6 Å². The van der Waals surface area contributed by atoms with E-state index in [0.29, 0.717) is 47.7 Å². The van der Waals surface area contributed by atoms with E-state index in [1.165, 1.54) is 50.7 Å². The van der Waals surface area contributed by atoms with Gasteiger partial charge in [0, 0.05) is 81.8 Å². The van der Waals surface area contributed by atoms with Crippen LogP contribution in [0, 0.1) is 35.8 Å². The normalized spacial score (nSPS) is 22.3. The van der Waals surface area contributed by atoms with Gasteiger partial charge in [0.05, 0.1) is 4.92 Å². The van der Waals surface area contributed by atoms with Gasteiger partial charge in [0.1, 0.15) is 5.60 Å². The van der Waals surface area contributed by atoms with Crippen LogP contribution in [0.1, 0.15) is 105 Å². The molecule has 1 N–H and O–H groups in total. The number of halogens is 3. The number of hydrogen-bond donors (Lipinski definition) is 1. The van der Waals surface area contributed by atoms with E-state index in [1.54, 1.807) is 13.8 Å². The van der Waals surface area contributed by atoms with Gasteiger partial charge in [-0.05, 0) is 63.0 Å². The van der Waals surface area contributed by atoms with Crippen LogP contribution in [0.2, 0.25) is 0 Å². The Labute approximate surface area is 286 Å².